The van der Waals surface area contributed by atoms with Crippen LogP contribution in [0.5, 0.6) is 0 Å². The summed E-state index contributed by atoms with van der Waals surface area (Å²) in [6.45, 7) is 8.11. The number of H-pyrrole nitrogens is 1. The minimum atomic E-state index is -0.893. The number of carboxylic acids is 1. The molecule has 1 amide bonds. The Kier molecular flexibility index (Phi) is 13.8. The molecule has 4 aliphatic rings. The fourth-order valence-corrected chi connectivity index (χ4v) is 4.25. The standard InChI is InChI=1S/C9H9N3O.C9H9NO.C9H10O2.C7H8O/c1-7-2-3-8(6-7)4-5-9(13)11-12-10;1-6-4-7-2-3-10-9(11)8(7)5-6;1-7-2-3-8(6-7)4-5-9(10)11;1-6-2-3-7(4-6)5-8/h2-5H,6H2,1H3;2-3,5H,4H2,1H3,(H,10,11);2-5H,6H2,1H3,(H,10,11);2-3,5H,4H2,1H3/b5-4+;;5-4+;. The quantitative estimate of drug-likeness (QED) is 0.122. The number of aldehydes is 1. The van der Waals surface area contributed by atoms with Crippen LogP contribution in [-0.4, -0.2) is 28.3 Å². The van der Waals surface area contributed by atoms with Crippen molar-refractivity contribution in [3.8, 4) is 0 Å². The monoisotopic (exact) mass is 580 g/mol. The fraction of sp³-hybridized carbons (Fsp3) is 0.235. The molecule has 5 rings (SSSR count). The molecule has 1 aromatic rings. The molecule has 9 heteroatoms. The van der Waals surface area contributed by atoms with Crippen molar-refractivity contribution in [3.63, 3.8) is 0 Å². The Morgan fingerprint density at radius 3 is 1.79 bits per heavy atom. The highest BCUT2D eigenvalue weighted by atomic mass is 16.4. The Morgan fingerprint density at radius 2 is 1.37 bits per heavy atom. The number of fused-ring (bicyclic) bond motifs is 1. The summed E-state index contributed by atoms with van der Waals surface area (Å²) in [5.41, 5.74) is 18.0. The number of aromatic nitrogens is 1. The van der Waals surface area contributed by atoms with Crippen molar-refractivity contribution in [1.82, 2.24) is 4.98 Å². The Labute approximate surface area is 251 Å². The predicted octanol–water partition coefficient (Wildman–Crippen LogP) is 7.36. The van der Waals surface area contributed by atoms with Crippen LogP contribution >= 0.6 is 0 Å². The average molecular weight is 581 g/mol. The third-order valence-corrected chi connectivity index (χ3v) is 6.32. The van der Waals surface area contributed by atoms with Crippen LogP contribution < -0.4 is 5.56 Å². The van der Waals surface area contributed by atoms with Gasteiger partial charge in [-0.25, -0.2) is 4.79 Å². The van der Waals surface area contributed by atoms with Crippen molar-refractivity contribution < 1.29 is 19.5 Å². The van der Waals surface area contributed by atoms with Crippen LogP contribution in [0.15, 0.2) is 122 Å². The van der Waals surface area contributed by atoms with Crippen LogP contribution in [0.3, 0.4) is 0 Å². The van der Waals surface area contributed by atoms with Gasteiger partial charge in [0.2, 0.25) is 5.91 Å². The second kappa shape index (κ2) is 17.5. The molecule has 0 unspecified atom stereocenters. The lowest BCUT2D eigenvalue weighted by molar-refractivity contribution is -0.131. The maximum absolute atomic E-state index is 11.2. The summed E-state index contributed by atoms with van der Waals surface area (Å²) in [7, 11) is 0. The number of amides is 1. The number of pyridine rings is 1. The Morgan fingerprint density at radius 1 is 0.837 bits per heavy atom. The molecule has 9 nitrogen and oxygen atoms in total. The van der Waals surface area contributed by atoms with Crippen molar-refractivity contribution in [3.05, 3.63) is 144 Å². The lowest BCUT2D eigenvalue weighted by Crippen LogP contribution is -2.08. The number of allylic oxidation sites excluding steroid dienone is 15. The van der Waals surface area contributed by atoms with E-state index < -0.39 is 11.9 Å². The lowest BCUT2D eigenvalue weighted by atomic mass is 10.1. The van der Waals surface area contributed by atoms with E-state index in [2.05, 4.69) is 15.0 Å². The lowest BCUT2D eigenvalue weighted by Gasteiger charge is -1.93. The van der Waals surface area contributed by atoms with Crippen molar-refractivity contribution in [1.29, 1.82) is 0 Å². The first kappa shape index (κ1) is 33.9. The van der Waals surface area contributed by atoms with Crippen molar-refractivity contribution in [2.45, 2.75) is 53.4 Å². The normalized spacial score (nSPS) is 15.9. The molecule has 0 saturated heterocycles. The molecule has 0 spiro atoms. The molecule has 0 bridgehead atoms. The van der Waals surface area contributed by atoms with Gasteiger partial charge in [-0.1, -0.05) is 70.9 Å². The minimum Gasteiger partial charge on any atom is -0.478 e. The van der Waals surface area contributed by atoms with E-state index in [9.17, 15) is 19.2 Å². The number of aliphatic carboxylic acids is 1. The summed E-state index contributed by atoms with van der Waals surface area (Å²) in [6, 6.07) is 1.96. The van der Waals surface area contributed by atoms with Crippen LogP contribution in [0.4, 0.5) is 0 Å². The highest BCUT2D eigenvalue weighted by Gasteiger charge is 2.11. The number of carbonyl (C=O) groups excluding carboxylic acids is 2. The van der Waals surface area contributed by atoms with Gasteiger partial charge in [-0.2, -0.15) is 0 Å². The molecule has 1 heterocycles. The number of azide groups is 1. The third-order valence-electron chi connectivity index (χ3n) is 6.32. The van der Waals surface area contributed by atoms with E-state index in [1.165, 1.54) is 28.4 Å². The molecule has 0 aromatic carbocycles. The summed E-state index contributed by atoms with van der Waals surface area (Å²) in [4.78, 5) is 47.1. The van der Waals surface area contributed by atoms with Crippen LogP contribution in [0, 0.1) is 0 Å². The number of carboxylic acid groups (broad SMARTS) is 1. The summed E-state index contributed by atoms with van der Waals surface area (Å²) < 4.78 is 0. The van der Waals surface area contributed by atoms with E-state index in [1.807, 2.05) is 76.3 Å². The summed E-state index contributed by atoms with van der Waals surface area (Å²) in [6.07, 6.45) is 25.5. The first-order valence-electron chi connectivity index (χ1n) is 13.6. The Hall–Kier alpha value is -5.27. The van der Waals surface area contributed by atoms with E-state index in [1.54, 1.807) is 18.3 Å². The number of nitrogens with one attached hydrogen (secondary N) is 1. The van der Waals surface area contributed by atoms with Gasteiger partial charge in [0.1, 0.15) is 6.29 Å². The van der Waals surface area contributed by atoms with Gasteiger partial charge in [0.05, 0.1) is 0 Å². The molecule has 2 N–H and O–H groups in total. The van der Waals surface area contributed by atoms with E-state index in [-0.39, 0.29) is 5.56 Å². The minimum absolute atomic E-state index is 0.0272. The predicted molar refractivity (Wildman–Crippen MR) is 170 cm³/mol. The van der Waals surface area contributed by atoms with Crippen LogP contribution in [0.1, 0.15) is 58.1 Å². The van der Waals surface area contributed by atoms with Gasteiger partial charge in [0.15, 0.2) is 0 Å². The van der Waals surface area contributed by atoms with E-state index in [4.69, 9.17) is 10.6 Å². The second-order valence-corrected chi connectivity index (χ2v) is 10.4. The second-order valence-electron chi connectivity index (χ2n) is 10.4. The highest BCUT2D eigenvalue weighted by Crippen LogP contribution is 2.21. The number of carbonyl (C=O) groups is 3. The zero-order valence-corrected chi connectivity index (χ0v) is 24.8. The van der Waals surface area contributed by atoms with E-state index in [0.717, 1.165) is 65.9 Å². The maximum Gasteiger partial charge on any atom is 0.328 e. The molecule has 1 aromatic heterocycles. The number of hydrogen-bond donors (Lipinski definition) is 2. The molecule has 4 aliphatic carbocycles. The third kappa shape index (κ3) is 12.8. The Bertz CT molecular complexity index is 1630. The first-order valence-corrected chi connectivity index (χ1v) is 13.6. The van der Waals surface area contributed by atoms with Gasteiger partial charge >= 0.3 is 5.97 Å². The van der Waals surface area contributed by atoms with Crippen molar-refractivity contribution >= 4 is 24.2 Å². The van der Waals surface area contributed by atoms with E-state index in [0.29, 0.717) is 0 Å². The van der Waals surface area contributed by atoms with Crippen molar-refractivity contribution in [2.24, 2.45) is 5.11 Å². The smallest absolute Gasteiger partial charge is 0.328 e. The van der Waals surface area contributed by atoms with Crippen LogP contribution in [-0.2, 0) is 20.8 Å². The van der Waals surface area contributed by atoms with Crippen LogP contribution in [0.25, 0.3) is 16.5 Å². The number of aromatic amines is 1. The molecule has 0 radical (unpaired) electrons. The highest BCUT2D eigenvalue weighted by molar-refractivity contribution is 5.88. The van der Waals surface area contributed by atoms with E-state index >= 15 is 0 Å². The molecule has 0 aliphatic heterocycles. The number of rotatable bonds is 5. The summed E-state index contributed by atoms with van der Waals surface area (Å²) in [5, 5.41) is 11.2. The molecule has 43 heavy (non-hydrogen) atoms. The van der Waals surface area contributed by atoms with Crippen LogP contribution in [0.2, 0.25) is 0 Å². The fourth-order valence-electron chi connectivity index (χ4n) is 4.25. The molecule has 0 fully saturated rings. The molecular weight excluding hydrogens is 544 g/mol. The van der Waals surface area contributed by atoms with Gasteiger partial charge in [0.25, 0.3) is 5.56 Å². The topological polar surface area (TPSA) is 153 Å². The molecule has 222 valence electrons. The van der Waals surface area contributed by atoms with Gasteiger partial charge in [-0.15, -0.1) is 0 Å². The van der Waals surface area contributed by atoms with Gasteiger partial charge in [-0.3, -0.25) is 14.4 Å². The number of hydrogen-bond acceptors (Lipinski definition) is 4. The average Bonchev–Trinajstić information content (AvgIpc) is 3.76. The first-order chi connectivity index (χ1) is 20.5. The SMILES string of the molecule is CC1=CC=C(/C=C/C(=O)N=[N+]=[N-])C1.CC1=CC=C(/C=C/C(=O)O)C1.CC1=CC=C(C=O)C1.CC1=Cc2c(cc[nH]c2=O)C1. The largest absolute Gasteiger partial charge is 0.478 e. The number of nitrogens with zero attached hydrogens (tertiary/aromatic N) is 3. The van der Waals surface area contributed by atoms with Gasteiger partial charge < -0.3 is 10.1 Å². The van der Waals surface area contributed by atoms with Gasteiger partial charge in [0, 0.05) is 22.7 Å². The zero-order valence-electron chi connectivity index (χ0n) is 24.8. The maximum atomic E-state index is 11.2. The summed E-state index contributed by atoms with van der Waals surface area (Å²) in [5.74, 6) is -1.46. The summed E-state index contributed by atoms with van der Waals surface area (Å²) >= 11 is 0. The zero-order chi connectivity index (χ0) is 31.8. The Balaban J connectivity index is 0.000000202. The molecule has 0 atom stereocenters. The molecule has 0 saturated carbocycles. The molecular formula is C34H36N4O5. The van der Waals surface area contributed by atoms with Gasteiger partial charge in [-0.05, 0) is 105 Å². The van der Waals surface area contributed by atoms with Crippen molar-refractivity contribution in [2.75, 3.05) is 0 Å².